The Bertz CT molecular complexity index is 1640. The maximum absolute atomic E-state index is 13.1. The molecule has 0 aliphatic rings. The van der Waals surface area contributed by atoms with E-state index < -0.39 is 28.1 Å². The van der Waals surface area contributed by atoms with Gasteiger partial charge in [-0.2, -0.15) is 4.72 Å². The van der Waals surface area contributed by atoms with Crippen LogP contribution < -0.4 is 15.4 Å². The maximum atomic E-state index is 13.1. The molecule has 10 nitrogen and oxygen atoms in total. The maximum Gasteiger partial charge on any atom is 0.324 e. The summed E-state index contributed by atoms with van der Waals surface area (Å²) in [4.78, 5) is 24.4. The van der Waals surface area contributed by atoms with Crippen LogP contribution in [0.5, 0.6) is 0 Å². The molecule has 4 N–H and O–H groups in total. The number of carboxylic acid groups (broad SMARTS) is 1. The van der Waals surface area contributed by atoms with Gasteiger partial charge in [-0.3, -0.25) is 10.1 Å². The van der Waals surface area contributed by atoms with E-state index in [-0.39, 0.29) is 11.3 Å². The number of nitrogens with one attached hydrogen (secondary N) is 3. The van der Waals surface area contributed by atoms with E-state index >= 15 is 0 Å². The van der Waals surface area contributed by atoms with E-state index in [1.807, 2.05) is 25.1 Å². The number of anilines is 2. The zero-order valence-corrected chi connectivity index (χ0v) is 23.3. The lowest BCUT2D eigenvalue weighted by Crippen LogP contribution is -2.42. The summed E-state index contributed by atoms with van der Waals surface area (Å²) in [5.41, 5.74) is 4.90. The van der Waals surface area contributed by atoms with Crippen molar-refractivity contribution in [2.24, 2.45) is 0 Å². The second-order valence-corrected chi connectivity index (χ2v) is 11.3. The predicted molar refractivity (Wildman–Crippen MR) is 152 cm³/mol. The molecule has 0 saturated heterocycles. The number of nitrogens with zero attached hydrogens (tertiary/aromatic N) is 1. The summed E-state index contributed by atoms with van der Waals surface area (Å²) in [5, 5.41) is 18.8. The van der Waals surface area contributed by atoms with Crippen LogP contribution in [0.3, 0.4) is 0 Å². The summed E-state index contributed by atoms with van der Waals surface area (Å²) >= 11 is 0. The Morgan fingerprint density at radius 2 is 1.57 bits per heavy atom. The van der Waals surface area contributed by atoms with Gasteiger partial charge in [0.25, 0.3) is 0 Å². The van der Waals surface area contributed by atoms with Crippen molar-refractivity contribution in [1.82, 2.24) is 9.88 Å². The van der Waals surface area contributed by atoms with Gasteiger partial charge in [0, 0.05) is 11.8 Å². The lowest BCUT2D eigenvalue weighted by Gasteiger charge is -2.18. The summed E-state index contributed by atoms with van der Waals surface area (Å²) in [6.07, 6.45) is -0.0396. The largest absolute Gasteiger partial charge is 0.480 e. The number of carboxylic acids is 1. The van der Waals surface area contributed by atoms with Crippen molar-refractivity contribution in [3.63, 3.8) is 0 Å². The first-order valence-electron chi connectivity index (χ1n) is 12.4. The molecule has 0 spiro atoms. The van der Waals surface area contributed by atoms with Gasteiger partial charge >= 0.3 is 12.0 Å². The van der Waals surface area contributed by atoms with Gasteiger partial charge in [0.15, 0.2) is 5.82 Å². The summed E-state index contributed by atoms with van der Waals surface area (Å²) in [6, 6.07) is 17.6. The predicted octanol–water partition coefficient (Wildman–Crippen LogP) is 5.19. The third kappa shape index (κ3) is 6.93. The van der Waals surface area contributed by atoms with Crippen molar-refractivity contribution >= 4 is 33.5 Å². The van der Waals surface area contributed by atoms with Gasteiger partial charge in [0.2, 0.25) is 10.0 Å². The third-order valence-corrected chi connectivity index (χ3v) is 7.96. The number of benzene rings is 3. The third-order valence-electron chi connectivity index (χ3n) is 6.19. The van der Waals surface area contributed by atoms with Crippen LogP contribution in [0.2, 0.25) is 0 Å². The average molecular weight is 563 g/mol. The minimum Gasteiger partial charge on any atom is -0.480 e. The van der Waals surface area contributed by atoms with E-state index in [9.17, 15) is 23.1 Å². The molecule has 4 aromatic rings. The van der Waals surface area contributed by atoms with E-state index in [2.05, 4.69) is 20.5 Å². The highest BCUT2D eigenvalue weighted by atomic mass is 32.2. The van der Waals surface area contributed by atoms with Crippen molar-refractivity contribution in [3.05, 3.63) is 94.7 Å². The molecule has 0 fully saturated rings. The number of sulfonamides is 1. The zero-order chi connectivity index (χ0) is 29.0. The SMILES string of the molecule is Cc1cc(C)c(S(=O)(=O)N[C@@H](Cc2ccc(-c3cccc(NC(=O)Nc4cc(C)on4)c3)cc2)C(=O)O)c(C)c1. The standard InChI is InChI=1S/C29H30N4O6S/c1-17-12-18(2)27(19(3)13-17)40(37,38)33-25(28(34)35)15-21-8-10-22(11-9-21)23-6-5-7-24(16-23)30-29(36)31-26-14-20(4)39-32-26/h5-14,16,25,33H,15H2,1-4H3,(H,34,35)(H2,30,31,32,36)/t25-/m0/s1. The Balaban J connectivity index is 1.45. The van der Waals surface area contributed by atoms with Crippen LogP contribution in [0.4, 0.5) is 16.3 Å². The lowest BCUT2D eigenvalue weighted by atomic mass is 10.0. The lowest BCUT2D eigenvalue weighted by molar-refractivity contribution is -0.138. The fourth-order valence-electron chi connectivity index (χ4n) is 4.57. The molecule has 40 heavy (non-hydrogen) atoms. The fourth-order valence-corrected chi connectivity index (χ4v) is 6.21. The first-order chi connectivity index (χ1) is 18.9. The van der Waals surface area contributed by atoms with Crippen molar-refractivity contribution < 1.29 is 27.6 Å². The Morgan fingerprint density at radius 1 is 0.900 bits per heavy atom. The van der Waals surface area contributed by atoms with Crippen LogP contribution in [0.15, 0.2) is 76.1 Å². The molecular weight excluding hydrogens is 532 g/mol. The van der Waals surface area contributed by atoms with Crippen molar-refractivity contribution in [2.75, 3.05) is 10.6 Å². The average Bonchev–Trinajstić information content (AvgIpc) is 3.27. The number of carbonyl (C=O) groups excluding carboxylic acids is 1. The summed E-state index contributed by atoms with van der Waals surface area (Å²) < 4.78 is 33.6. The van der Waals surface area contributed by atoms with E-state index in [1.165, 1.54) is 0 Å². The second kappa shape index (κ2) is 11.7. The highest BCUT2D eigenvalue weighted by Crippen LogP contribution is 2.25. The molecule has 0 saturated carbocycles. The van der Waals surface area contributed by atoms with E-state index in [4.69, 9.17) is 4.52 Å². The first kappa shape index (κ1) is 28.5. The van der Waals surface area contributed by atoms with Crippen LogP contribution in [0.25, 0.3) is 11.1 Å². The first-order valence-corrected chi connectivity index (χ1v) is 13.9. The number of urea groups is 1. The van der Waals surface area contributed by atoms with Gasteiger partial charge in [-0.15, -0.1) is 0 Å². The second-order valence-electron chi connectivity index (χ2n) is 9.62. The molecule has 1 atom stereocenters. The zero-order valence-electron chi connectivity index (χ0n) is 22.5. The summed E-state index contributed by atoms with van der Waals surface area (Å²) in [5.74, 6) is -0.398. The van der Waals surface area contributed by atoms with Crippen LogP contribution in [0.1, 0.15) is 28.0 Å². The Labute approximate surface area is 232 Å². The van der Waals surface area contributed by atoms with Crippen LogP contribution >= 0.6 is 0 Å². The molecule has 0 bridgehead atoms. The van der Waals surface area contributed by atoms with Crippen molar-refractivity contribution in [1.29, 1.82) is 0 Å². The highest BCUT2D eigenvalue weighted by Gasteiger charge is 2.28. The molecule has 1 aromatic heterocycles. The smallest absolute Gasteiger partial charge is 0.324 e. The van der Waals surface area contributed by atoms with Crippen LogP contribution in [0, 0.1) is 27.7 Å². The van der Waals surface area contributed by atoms with Crippen LogP contribution in [-0.2, 0) is 21.2 Å². The molecule has 0 aliphatic heterocycles. The molecule has 208 valence electrons. The Kier molecular flexibility index (Phi) is 8.36. The molecule has 0 unspecified atom stereocenters. The van der Waals surface area contributed by atoms with Gasteiger partial charge in [-0.25, -0.2) is 13.2 Å². The molecule has 11 heteroatoms. The normalized spacial score (nSPS) is 12.1. The molecule has 3 aromatic carbocycles. The summed E-state index contributed by atoms with van der Waals surface area (Å²) in [7, 11) is -4.07. The van der Waals surface area contributed by atoms with Gasteiger partial charge < -0.3 is 14.9 Å². The number of aryl methyl sites for hydroxylation is 4. The number of amides is 2. The Morgan fingerprint density at radius 3 is 2.17 bits per heavy atom. The number of aliphatic carboxylic acids is 1. The van der Waals surface area contributed by atoms with E-state index in [1.54, 1.807) is 69.3 Å². The number of rotatable bonds is 9. The molecule has 4 rings (SSSR count). The highest BCUT2D eigenvalue weighted by molar-refractivity contribution is 7.89. The number of aromatic nitrogens is 1. The minimum absolute atomic E-state index is 0.0396. The van der Waals surface area contributed by atoms with Gasteiger partial charge in [0.1, 0.15) is 11.8 Å². The number of hydrogen-bond acceptors (Lipinski definition) is 6. The summed E-state index contributed by atoms with van der Waals surface area (Å²) in [6.45, 7) is 6.98. The van der Waals surface area contributed by atoms with Gasteiger partial charge in [-0.05, 0) is 74.1 Å². The quantitative estimate of drug-likeness (QED) is 0.219. The molecule has 1 heterocycles. The number of carbonyl (C=O) groups is 2. The van der Waals surface area contributed by atoms with Gasteiger partial charge in [-0.1, -0.05) is 59.3 Å². The molecule has 0 aliphatic carbocycles. The molecule has 0 radical (unpaired) electrons. The van der Waals surface area contributed by atoms with E-state index in [0.717, 1.165) is 16.7 Å². The van der Waals surface area contributed by atoms with Crippen molar-refractivity contribution in [2.45, 2.75) is 45.1 Å². The molecular formula is C29H30N4O6S. The topological polar surface area (TPSA) is 151 Å². The van der Waals surface area contributed by atoms with Crippen LogP contribution in [-0.4, -0.2) is 36.7 Å². The minimum atomic E-state index is -4.07. The Hall–Kier alpha value is -4.48. The fraction of sp³-hybridized carbons (Fsp3) is 0.207. The number of hydrogen-bond donors (Lipinski definition) is 4. The van der Waals surface area contributed by atoms with E-state index in [0.29, 0.717) is 34.0 Å². The van der Waals surface area contributed by atoms with Crippen molar-refractivity contribution in [3.8, 4) is 11.1 Å². The van der Waals surface area contributed by atoms with Gasteiger partial charge in [0.05, 0.1) is 4.90 Å². The molecule has 2 amide bonds. The monoisotopic (exact) mass is 562 g/mol.